The number of methoxy groups -OCH3 is 2. The predicted molar refractivity (Wildman–Crippen MR) is 125 cm³/mol. The molecule has 1 aliphatic heterocycles. The van der Waals surface area contributed by atoms with Crippen molar-refractivity contribution in [3.63, 3.8) is 0 Å². The molecular formula is C25H31N3O3S. The highest BCUT2D eigenvalue weighted by Gasteiger charge is 2.40. The van der Waals surface area contributed by atoms with Crippen LogP contribution in [-0.2, 0) is 11.2 Å². The summed E-state index contributed by atoms with van der Waals surface area (Å²) in [6.45, 7) is 1.06. The van der Waals surface area contributed by atoms with Gasteiger partial charge in [0.15, 0.2) is 11.5 Å². The van der Waals surface area contributed by atoms with Crippen LogP contribution in [0.3, 0.4) is 0 Å². The van der Waals surface area contributed by atoms with Crippen LogP contribution in [0, 0.1) is 11.3 Å². The summed E-state index contributed by atoms with van der Waals surface area (Å²) >= 11 is 1.70. The Bertz CT molecular complexity index is 993. The van der Waals surface area contributed by atoms with E-state index in [-0.39, 0.29) is 18.5 Å². The number of thiophene rings is 1. The van der Waals surface area contributed by atoms with E-state index in [9.17, 15) is 10.1 Å². The van der Waals surface area contributed by atoms with E-state index in [1.54, 1.807) is 30.5 Å². The van der Waals surface area contributed by atoms with Crippen molar-refractivity contribution in [1.29, 1.82) is 5.26 Å². The zero-order chi connectivity index (χ0) is 22.7. The summed E-state index contributed by atoms with van der Waals surface area (Å²) in [5.41, 5.74) is 1.70. The van der Waals surface area contributed by atoms with Crippen molar-refractivity contribution < 1.29 is 14.3 Å². The molecule has 1 aliphatic carbocycles. The monoisotopic (exact) mass is 453 g/mol. The number of carbonyl (C=O) groups excluding carboxylic acids is 1. The fraction of sp³-hybridized carbons (Fsp3) is 0.520. The Morgan fingerprint density at radius 3 is 2.59 bits per heavy atom. The van der Waals surface area contributed by atoms with Crippen molar-refractivity contribution >= 4 is 17.2 Å². The van der Waals surface area contributed by atoms with E-state index in [1.807, 2.05) is 13.1 Å². The molecule has 0 bridgehead atoms. The number of rotatable bonds is 6. The first-order valence-corrected chi connectivity index (χ1v) is 12.1. The zero-order valence-electron chi connectivity index (χ0n) is 19.1. The molecule has 1 amide bonds. The van der Waals surface area contributed by atoms with Crippen LogP contribution >= 0.6 is 11.3 Å². The maximum Gasteiger partial charge on any atom is 0.237 e. The molecule has 1 atom stereocenters. The standard InChI is InChI=1S/C25H31N3O3S/c1-27(25(17-26)10-5-4-6-11-25)23(29)16-28-12-9-18-14-20(30-2)21(31-3)15-19(18)24(28)22-8-7-13-32-22/h7-8,13-15,24H,4-6,9-12,16H2,1-3H3/t24-/m1/s1. The Labute approximate surface area is 194 Å². The van der Waals surface area contributed by atoms with Crippen LogP contribution in [0.15, 0.2) is 29.6 Å². The molecule has 0 radical (unpaired) electrons. The molecule has 2 aromatic rings. The van der Waals surface area contributed by atoms with E-state index in [2.05, 4.69) is 34.5 Å². The average Bonchev–Trinajstić information content (AvgIpc) is 3.37. The predicted octanol–water partition coefficient (Wildman–Crippen LogP) is 4.40. The van der Waals surface area contributed by atoms with Gasteiger partial charge in [0.25, 0.3) is 0 Å². The van der Waals surface area contributed by atoms with Gasteiger partial charge in [-0.15, -0.1) is 11.3 Å². The van der Waals surface area contributed by atoms with Gasteiger partial charge in [-0.3, -0.25) is 9.69 Å². The Morgan fingerprint density at radius 1 is 1.25 bits per heavy atom. The summed E-state index contributed by atoms with van der Waals surface area (Å²) in [5, 5.41) is 12.0. The first-order chi connectivity index (χ1) is 15.5. The number of hydrogen-bond donors (Lipinski definition) is 0. The lowest BCUT2D eigenvalue weighted by atomic mass is 9.81. The fourth-order valence-electron chi connectivity index (χ4n) is 5.13. The second-order valence-corrected chi connectivity index (χ2v) is 9.68. The lowest BCUT2D eigenvalue weighted by Crippen LogP contribution is -2.53. The largest absolute Gasteiger partial charge is 0.493 e. The van der Waals surface area contributed by atoms with E-state index in [0.29, 0.717) is 5.75 Å². The number of carbonyl (C=O) groups is 1. The summed E-state index contributed by atoms with van der Waals surface area (Å²) in [6.07, 6.45) is 5.50. The zero-order valence-corrected chi connectivity index (χ0v) is 19.9. The van der Waals surface area contributed by atoms with Gasteiger partial charge < -0.3 is 14.4 Å². The van der Waals surface area contributed by atoms with Gasteiger partial charge in [-0.1, -0.05) is 25.3 Å². The van der Waals surface area contributed by atoms with Crippen LogP contribution < -0.4 is 9.47 Å². The van der Waals surface area contributed by atoms with Crippen LogP contribution in [0.25, 0.3) is 0 Å². The van der Waals surface area contributed by atoms with Crippen LogP contribution in [0.2, 0.25) is 0 Å². The molecule has 0 saturated heterocycles. The molecule has 0 unspecified atom stereocenters. The van der Waals surface area contributed by atoms with Gasteiger partial charge in [0.2, 0.25) is 5.91 Å². The number of benzene rings is 1. The summed E-state index contributed by atoms with van der Waals surface area (Å²) in [7, 11) is 5.11. The van der Waals surface area contributed by atoms with Gasteiger partial charge in [0, 0.05) is 18.5 Å². The maximum absolute atomic E-state index is 13.4. The third kappa shape index (κ3) is 4.10. The Morgan fingerprint density at radius 2 is 1.97 bits per heavy atom. The number of likely N-dealkylation sites (N-methyl/N-ethyl adjacent to an activating group) is 1. The first kappa shape index (κ1) is 22.6. The minimum Gasteiger partial charge on any atom is -0.493 e. The van der Waals surface area contributed by atoms with Gasteiger partial charge in [0.05, 0.1) is 32.9 Å². The van der Waals surface area contributed by atoms with Crippen LogP contribution in [-0.4, -0.2) is 55.6 Å². The highest BCUT2D eigenvalue weighted by atomic mass is 32.1. The Kier molecular flexibility index (Phi) is 6.73. The molecule has 170 valence electrons. The van der Waals surface area contributed by atoms with Gasteiger partial charge in [-0.25, -0.2) is 0 Å². The van der Waals surface area contributed by atoms with Gasteiger partial charge in [-0.05, 0) is 54.0 Å². The minimum atomic E-state index is -0.669. The number of nitriles is 1. The Hall–Kier alpha value is -2.56. The number of ether oxygens (including phenoxy) is 2. The lowest BCUT2D eigenvalue weighted by molar-refractivity contribution is -0.136. The smallest absolute Gasteiger partial charge is 0.237 e. The van der Waals surface area contributed by atoms with E-state index in [1.165, 1.54) is 10.4 Å². The highest BCUT2D eigenvalue weighted by Crippen LogP contribution is 2.42. The van der Waals surface area contributed by atoms with E-state index < -0.39 is 5.54 Å². The molecule has 0 spiro atoms. The van der Waals surface area contributed by atoms with Crippen molar-refractivity contribution in [3.8, 4) is 17.6 Å². The Balaban J connectivity index is 1.64. The molecule has 4 rings (SSSR count). The molecule has 6 nitrogen and oxygen atoms in total. The second kappa shape index (κ2) is 9.51. The minimum absolute atomic E-state index is 0.0129. The molecule has 32 heavy (non-hydrogen) atoms. The number of hydrogen-bond acceptors (Lipinski definition) is 6. The van der Waals surface area contributed by atoms with Crippen LogP contribution in [0.4, 0.5) is 0 Å². The summed E-state index contributed by atoms with van der Waals surface area (Å²) < 4.78 is 11.1. The fourth-order valence-corrected chi connectivity index (χ4v) is 6.00. The summed E-state index contributed by atoms with van der Waals surface area (Å²) in [4.78, 5) is 18.6. The maximum atomic E-state index is 13.4. The second-order valence-electron chi connectivity index (χ2n) is 8.70. The van der Waals surface area contributed by atoms with E-state index in [0.717, 1.165) is 56.4 Å². The third-order valence-electron chi connectivity index (χ3n) is 7.03. The van der Waals surface area contributed by atoms with Gasteiger partial charge in [0.1, 0.15) is 5.54 Å². The van der Waals surface area contributed by atoms with Crippen LogP contribution in [0.1, 0.15) is 54.1 Å². The SMILES string of the molecule is COc1cc2c(cc1OC)[C@H](c1cccs1)N(CC(=O)N(C)C1(C#N)CCCCC1)CC2. The molecule has 7 heteroatoms. The average molecular weight is 454 g/mol. The van der Waals surface area contributed by atoms with Gasteiger partial charge >= 0.3 is 0 Å². The van der Waals surface area contributed by atoms with Crippen molar-refractivity contribution in [2.24, 2.45) is 0 Å². The quantitative estimate of drug-likeness (QED) is 0.649. The molecule has 2 heterocycles. The number of amides is 1. The number of fused-ring (bicyclic) bond motifs is 1. The third-order valence-corrected chi connectivity index (χ3v) is 7.95. The van der Waals surface area contributed by atoms with Crippen molar-refractivity contribution in [2.75, 3.05) is 34.4 Å². The summed E-state index contributed by atoms with van der Waals surface area (Å²) in [6, 6.07) is 10.7. The molecule has 1 aromatic carbocycles. The normalized spacial score (nSPS) is 20.1. The first-order valence-electron chi connectivity index (χ1n) is 11.2. The number of nitrogens with zero attached hydrogens (tertiary/aromatic N) is 3. The highest BCUT2D eigenvalue weighted by molar-refractivity contribution is 7.10. The molecular weight excluding hydrogens is 422 g/mol. The van der Waals surface area contributed by atoms with Crippen molar-refractivity contribution in [2.45, 2.75) is 50.1 Å². The van der Waals surface area contributed by atoms with E-state index >= 15 is 0 Å². The molecule has 2 aliphatic rings. The van der Waals surface area contributed by atoms with E-state index in [4.69, 9.17) is 9.47 Å². The summed E-state index contributed by atoms with van der Waals surface area (Å²) in [5.74, 6) is 1.44. The van der Waals surface area contributed by atoms with Crippen molar-refractivity contribution in [3.05, 3.63) is 45.6 Å². The molecule has 1 saturated carbocycles. The van der Waals surface area contributed by atoms with Crippen molar-refractivity contribution in [1.82, 2.24) is 9.80 Å². The van der Waals surface area contributed by atoms with Crippen LogP contribution in [0.5, 0.6) is 11.5 Å². The molecule has 1 aromatic heterocycles. The molecule has 1 fully saturated rings. The van der Waals surface area contributed by atoms with Gasteiger partial charge in [-0.2, -0.15) is 5.26 Å². The molecule has 0 N–H and O–H groups in total. The topological polar surface area (TPSA) is 65.8 Å². The lowest BCUT2D eigenvalue weighted by Gasteiger charge is -2.42.